The van der Waals surface area contributed by atoms with E-state index in [1.54, 1.807) is 0 Å². The van der Waals surface area contributed by atoms with Crippen LogP contribution in [0.25, 0.3) is 0 Å². The monoisotopic (exact) mass is 209 g/mol. The molecule has 1 aliphatic heterocycles. The molecule has 1 N–H and O–H groups in total. The summed E-state index contributed by atoms with van der Waals surface area (Å²) in [5.41, 5.74) is 0. The van der Waals surface area contributed by atoms with Crippen LogP contribution in [0.5, 0.6) is 0 Å². The van der Waals surface area contributed by atoms with E-state index in [0.717, 1.165) is 38.4 Å². The van der Waals surface area contributed by atoms with Gasteiger partial charge in [-0.3, -0.25) is 0 Å². The van der Waals surface area contributed by atoms with Gasteiger partial charge in [0.2, 0.25) is 0 Å². The molecule has 1 fully saturated rings. The van der Waals surface area contributed by atoms with Crippen molar-refractivity contribution in [3.8, 4) is 0 Å². The van der Waals surface area contributed by atoms with Gasteiger partial charge >= 0.3 is 0 Å². The Morgan fingerprint density at radius 3 is 3.20 bits per heavy atom. The van der Waals surface area contributed by atoms with Crippen LogP contribution in [0.2, 0.25) is 0 Å². The van der Waals surface area contributed by atoms with Crippen LogP contribution in [-0.4, -0.2) is 40.7 Å². The SMILES string of the molecule is CCCn1nncc1N1CCNC(C)C1. The third-order valence-corrected chi connectivity index (χ3v) is 2.73. The van der Waals surface area contributed by atoms with Crippen LogP contribution in [-0.2, 0) is 6.54 Å². The van der Waals surface area contributed by atoms with E-state index in [0.29, 0.717) is 6.04 Å². The van der Waals surface area contributed by atoms with E-state index in [1.165, 1.54) is 0 Å². The molecule has 84 valence electrons. The summed E-state index contributed by atoms with van der Waals surface area (Å²) in [5, 5.41) is 11.5. The first-order valence-corrected chi connectivity index (χ1v) is 5.68. The largest absolute Gasteiger partial charge is 0.353 e. The fraction of sp³-hybridized carbons (Fsp3) is 0.800. The number of anilines is 1. The van der Waals surface area contributed by atoms with Gasteiger partial charge in [0.1, 0.15) is 5.82 Å². The highest BCUT2D eigenvalue weighted by Crippen LogP contribution is 2.14. The quantitative estimate of drug-likeness (QED) is 0.787. The maximum atomic E-state index is 4.11. The molecule has 0 bridgehead atoms. The Labute approximate surface area is 90.5 Å². The molecule has 0 radical (unpaired) electrons. The molecule has 2 rings (SSSR count). The fourth-order valence-corrected chi connectivity index (χ4v) is 2.01. The van der Waals surface area contributed by atoms with Crippen LogP contribution >= 0.6 is 0 Å². The molecular weight excluding hydrogens is 190 g/mol. The van der Waals surface area contributed by atoms with E-state index in [-0.39, 0.29) is 0 Å². The van der Waals surface area contributed by atoms with Crippen molar-refractivity contribution in [2.24, 2.45) is 0 Å². The van der Waals surface area contributed by atoms with Crippen LogP contribution in [0.4, 0.5) is 5.82 Å². The van der Waals surface area contributed by atoms with Gasteiger partial charge in [-0.25, -0.2) is 4.68 Å². The first-order chi connectivity index (χ1) is 7.31. The number of aromatic nitrogens is 3. The number of hydrogen-bond donors (Lipinski definition) is 1. The van der Waals surface area contributed by atoms with E-state index in [9.17, 15) is 0 Å². The lowest BCUT2D eigenvalue weighted by Crippen LogP contribution is -2.49. The van der Waals surface area contributed by atoms with Crippen LogP contribution in [0.1, 0.15) is 20.3 Å². The number of nitrogens with zero attached hydrogens (tertiary/aromatic N) is 4. The Kier molecular flexibility index (Phi) is 3.20. The number of rotatable bonds is 3. The van der Waals surface area contributed by atoms with Gasteiger partial charge in [-0.15, -0.1) is 5.10 Å². The summed E-state index contributed by atoms with van der Waals surface area (Å²) in [7, 11) is 0. The smallest absolute Gasteiger partial charge is 0.147 e. The van der Waals surface area contributed by atoms with Crippen LogP contribution in [0, 0.1) is 0 Å². The van der Waals surface area contributed by atoms with Gasteiger partial charge < -0.3 is 10.2 Å². The van der Waals surface area contributed by atoms with Gasteiger partial charge in [-0.1, -0.05) is 12.1 Å². The van der Waals surface area contributed by atoms with E-state index in [1.807, 2.05) is 10.9 Å². The highest BCUT2D eigenvalue weighted by atomic mass is 15.5. The summed E-state index contributed by atoms with van der Waals surface area (Å²) in [4.78, 5) is 2.36. The van der Waals surface area contributed by atoms with Crippen LogP contribution < -0.4 is 10.2 Å². The summed E-state index contributed by atoms with van der Waals surface area (Å²) in [6.45, 7) is 8.44. The van der Waals surface area contributed by atoms with Gasteiger partial charge in [-0.05, 0) is 13.3 Å². The molecule has 1 aromatic rings. The molecule has 2 heterocycles. The second-order valence-electron chi connectivity index (χ2n) is 4.12. The van der Waals surface area contributed by atoms with Crippen molar-refractivity contribution in [1.29, 1.82) is 0 Å². The Balaban J connectivity index is 2.10. The zero-order valence-electron chi connectivity index (χ0n) is 9.48. The van der Waals surface area contributed by atoms with Crippen LogP contribution in [0.3, 0.4) is 0 Å². The third-order valence-electron chi connectivity index (χ3n) is 2.73. The summed E-state index contributed by atoms with van der Waals surface area (Å²) < 4.78 is 2.00. The Morgan fingerprint density at radius 1 is 1.60 bits per heavy atom. The summed E-state index contributed by atoms with van der Waals surface area (Å²) in [6.07, 6.45) is 2.96. The minimum Gasteiger partial charge on any atom is -0.353 e. The molecule has 1 saturated heterocycles. The Hall–Kier alpha value is -1.10. The van der Waals surface area contributed by atoms with Crippen molar-refractivity contribution in [3.05, 3.63) is 6.20 Å². The van der Waals surface area contributed by atoms with Crippen molar-refractivity contribution in [1.82, 2.24) is 20.3 Å². The molecule has 0 spiro atoms. The maximum Gasteiger partial charge on any atom is 0.147 e. The maximum absolute atomic E-state index is 4.11. The molecule has 1 aliphatic rings. The Morgan fingerprint density at radius 2 is 2.47 bits per heavy atom. The van der Waals surface area contributed by atoms with Gasteiger partial charge in [0, 0.05) is 32.2 Å². The van der Waals surface area contributed by atoms with E-state index >= 15 is 0 Å². The third kappa shape index (κ3) is 2.28. The van der Waals surface area contributed by atoms with E-state index in [2.05, 4.69) is 34.4 Å². The van der Waals surface area contributed by atoms with Gasteiger partial charge in [0.15, 0.2) is 0 Å². The summed E-state index contributed by atoms with van der Waals surface area (Å²) in [6, 6.07) is 0.545. The normalized spacial score (nSPS) is 22.0. The van der Waals surface area contributed by atoms with Gasteiger partial charge in [-0.2, -0.15) is 0 Å². The number of nitrogens with one attached hydrogen (secondary N) is 1. The lowest BCUT2D eigenvalue weighted by molar-refractivity contribution is 0.470. The number of hydrogen-bond acceptors (Lipinski definition) is 4. The molecule has 0 amide bonds. The van der Waals surface area contributed by atoms with Crippen LogP contribution in [0.15, 0.2) is 6.20 Å². The minimum absolute atomic E-state index is 0.545. The molecular formula is C10H19N5. The molecule has 5 nitrogen and oxygen atoms in total. The average molecular weight is 209 g/mol. The lowest BCUT2D eigenvalue weighted by atomic mass is 10.2. The number of aryl methyl sites for hydroxylation is 1. The van der Waals surface area contributed by atoms with E-state index < -0.39 is 0 Å². The highest BCUT2D eigenvalue weighted by molar-refractivity contribution is 5.37. The second-order valence-corrected chi connectivity index (χ2v) is 4.12. The van der Waals surface area contributed by atoms with Crippen molar-refractivity contribution >= 4 is 5.82 Å². The van der Waals surface area contributed by atoms with E-state index in [4.69, 9.17) is 0 Å². The molecule has 1 unspecified atom stereocenters. The first kappa shape index (κ1) is 10.4. The fourth-order valence-electron chi connectivity index (χ4n) is 2.01. The topological polar surface area (TPSA) is 46.0 Å². The van der Waals surface area contributed by atoms with Gasteiger partial charge in [0.25, 0.3) is 0 Å². The van der Waals surface area contributed by atoms with Gasteiger partial charge in [0.05, 0.1) is 6.20 Å². The molecule has 15 heavy (non-hydrogen) atoms. The molecule has 0 aliphatic carbocycles. The zero-order chi connectivity index (χ0) is 10.7. The predicted molar refractivity (Wildman–Crippen MR) is 60.0 cm³/mol. The average Bonchev–Trinajstić information content (AvgIpc) is 2.66. The lowest BCUT2D eigenvalue weighted by Gasteiger charge is -2.33. The zero-order valence-corrected chi connectivity index (χ0v) is 9.48. The first-order valence-electron chi connectivity index (χ1n) is 5.68. The predicted octanol–water partition coefficient (Wildman–Crippen LogP) is 0.486. The molecule has 0 saturated carbocycles. The number of piperazine rings is 1. The molecule has 0 aromatic carbocycles. The highest BCUT2D eigenvalue weighted by Gasteiger charge is 2.18. The molecule has 5 heteroatoms. The van der Waals surface area contributed by atoms with Crippen molar-refractivity contribution in [2.45, 2.75) is 32.9 Å². The summed E-state index contributed by atoms with van der Waals surface area (Å²) >= 11 is 0. The molecule has 1 atom stereocenters. The minimum atomic E-state index is 0.545. The molecule has 1 aromatic heterocycles. The summed E-state index contributed by atoms with van der Waals surface area (Å²) in [5.74, 6) is 1.16. The van der Waals surface area contributed by atoms with Crippen molar-refractivity contribution in [2.75, 3.05) is 24.5 Å². The van der Waals surface area contributed by atoms with Crippen molar-refractivity contribution < 1.29 is 0 Å². The standard InChI is InChI=1S/C10H19N5/c1-3-5-15-10(7-12-13-15)14-6-4-11-9(2)8-14/h7,9,11H,3-6,8H2,1-2H3. The van der Waals surface area contributed by atoms with Crippen molar-refractivity contribution in [3.63, 3.8) is 0 Å². The Bertz CT molecular complexity index is 309. The second kappa shape index (κ2) is 4.61.